The van der Waals surface area contributed by atoms with Crippen LogP contribution in [0.3, 0.4) is 0 Å². The summed E-state index contributed by atoms with van der Waals surface area (Å²) in [6, 6.07) is 5.93. The van der Waals surface area contributed by atoms with E-state index in [2.05, 4.69) is 36.7 Å². The predicted molar refractivity (Wildman–Crippen MR) is 67.0 cm³/mol. The van der Waals surface area contributed by atoms with Crippen LogP contribution in [0.1, 0.15) is 32.8 Å². The van der Waals surface area contributed by atoms with Gasteiger partial charge in [-0.3, -0.25) is 0 Å². The fraction of sp³-hybridized carbons (Fsp3) is 0.500. The number of hydrogen-bond acceptors (Lipinski definition) is 2. The van der Waals surface area contributed by atoms with Gasteiger partial charge in [0.2, 0.25) is 0 Å². The van der Waals surface area contributed by atoms with E-state index in [-0.39, 0.29) is 5.60 Å². The largest absolute Gasteiger partial charge is 0.488 e. The molecule has 3 heteroatoms. The van der Waals surface area contributed by atoms with E-state index in [1.54, 1.807) is 0 Å². The van der Waals surface area contributed by atoms with Crippen LogP contribution in [0.5, 0.6) is 5.75 Å². The van der Waals surface area contributed by atoms with Crippen LogP contribution in [0, 0.1) is 0 Å². The molecule has 0 aliphatic rings. The summed E-state index contributed by atoms with van der Waals surface area (Å²) in [5.74, 6) is 0.880. The number of nitrogens with two attached hydrogens (primary N) is 1. The van der Waals surface area contributed by atoms with Gasteiger partial charge >= 0.3 is 0 Å². The number of halogens is 1. The Morgan fingerprint density at radius 2 is 2.07 bits per heavy atom. The Morgan fingerprint density at radius 1 is 1.40 bits per heavy atom. The number of rotatable bonds is 4. The van der Waals surface area contributed by atoms with Crippen molar-refractivity contribution in [1.82, 2.24) is 0 Å². The van der Waals surface area contributed by atoms with E-state index in [0.717, 1.165) is 22.2 Å². The molecular formula is C12H18BrNO. The van der Waals surface area contributed by atoms with Crippen molar-refractivity contribution in [1.29, 1.82) is 0 Å². The summed E-state index contributed by atoms with van der Waals surface area (Å²) in [4.78, 5) is 0. The molecular weight excluding hydrogens is 254 g/mol. The summed E-state index contributed by atoms with van der Waals surface area (Å²) >= 11 is 3.48. The van der Waals surface area contributed by atoms with Crippen LogP contribution in [0.4, 0.5) is 0 Å². The van der Waals surface area contributed by atoms with E-state index in [9.17, 15) is 0 Å². The van der Waals surface area contributed by atoms with Gasteiger partial charge in [-0.2, -0.15) is 0 Å². The lowest BCUT2D eigenvalue weighted by Gasteiger charge is -2.25. The van der Waals surface area contributed by atoms with Crippen molar-refractivity contribution in [3.8, 4) is 5.75 Å². The van der Waals surface area contributed by atoms with Crippen LogP contribution in [-0.4, -0.2) is 5.60 Å². The molecule has 0 saturated carbocycles. The molecule has 84 valence electrons. The SMILES string of the molecule is CCC(C)(C)Oc1ccc(CN)c(Br)c1. The first-order chi connectivity index (χ1) is 6.98. The van der Waals surface area contributed by atoms with Gasteiger partial charge in [0.25, 0.3) is 0 Å². The Hall–Kier alpha value is -0.540. The zero-order chi connectivity index (χ0) is 11.5. The maximum Gasteiger partial charge on any atom is 0.121 e. The summed E-state index contributed by atoms with van der Waals surface area (Å²) in [6.45, 7) is 6.82. The minimum atomic E-state index is -0.121. The van der Waals surface area contributed by atoms with E-state index in [1.807, 2.05) is 18.2 Å². The van der Waals surface area contributed by atoms with E-state index in [1.165, 1.54) is 0 Å². The molecule has 0 unspecified atom stereocenters. The van der Waals surface area contributed by atoms with Crippen molar-refractivity contribution in [3.05, 3.63) is 28.2 Å². The predicted octanol–water partition coefficient (Wildman–Crippen LogP) is 3.48. The van der Waals surface area contributed by atoms with E-state index in [0.29, 0.717) is 6.54 Å². The van der Waals surface area contributed by atoms with Crippen LogP contribution in [-0.2, 0) is 6.54 Å². The van der Waals surface area contributed by atoms with Crippen molar-refractivity contribution in [3.63, 3.8) is 0 Å². The first-order valence-corrected chi connectivity index (χ1v) is 5.95. The molecule has 0 aliphatic carbocycles. The van der Waals surface area contributed by atoms with Crippen LogP contribution < -0.4 is 10.5 Å². The Kier molecular flexibility index (Phi) is 4.17. The Morgan fingerprint density at radius 3 is 2.53 bits per heavy atom. The second-order valence-corrected chi connectivity index (χ2v) is 5.03. The van der Waals surface area contributed by atoms with Crippen molar-refractivity contribution in [2.24, 2.45) is 5.73 Å². The van der Waals surface area contributed by atoms with Crippen molar-refractivity contribution >= 4 is 15.9 Å². The molecule has 2 N–H and O–H groups in total. The molecule has 0 amide bonds. The van der Waals surface area contributed by atoms with Crippen LogP contribution in [0.2, 0.25) is 0 Å². The first kappa shape index (κ1) is 12.5. The Balaban J connectivity index is 2.84. The molecule has 0 spiro atoms. The maximum atomic E-state index is 5.86. The van der Waals surface area contributed by atoms with E-state index in [4.69, 9.17) is 10.5 Å². The number of hydrogen-bond donors (Lipinski definition) is 1. The molecule has 0 fully saturated rings. The summed E-state index contributed by atoms with van der Waals surface area (Å²) in [7, 11) is 0. The summed E-state index contributed by atoms with van der Waals surface area (Å²) in [5, 5.41) is 0. The van der Waals surface area contributed by atoms with Gasteiger partial charge in [-0.1, -0.05) is 28.9 Å². The highest BCUT2D eigenvalue weighted by atomic mass is 79.9. The molecule has 2 nitrogen and oxygen atoms in total. The first-order valence-electron chi connectivity index (χ1n) is 5.16. The van der Waals surface area contributed by atoms with Gasteiger partial charge in [0.1, 0.15) is 11.4 Å². The summed E-state index contributed by atoms with van der Waals surface area (Å²) in [5.41, 5.74) is 6.56. The highest BCUT2D eigenvalue weighted by Crippen LogP contribution is 2.26. The number of ether oxygens (including phenoxy) is 1. The molecule has 1 aromatic rings. The van der Waals surface area contributed by atoms with Crippen molar-refractivity contribution in [2.75, 3.05) is 0 Å². The van der Waals surface area contributed by atoms with Gasteiger partial charge in [0.15, 0.2) is 0 Å². The maximum absolute atomic E-state index is 5.86. The lowest BCUT2D eigenvalue weighted by molar-refractivity contribution is 0.105. The quantitative estimate of drug-likeness (QED) is 0.910. The van der Waals surface area contributed by atoms with Crippen molar-refractivity contribution in [2.45, 2.75) is 39.3 Å². The number of benzene rings is 1. The molecule has 1 aromatic carbocycles. The van der Waals surface area contributed by atoms with Gasteiger partial charge in [-0.15, -0.1) is 0 Å². The molecule has 0 bridgehead atoms. The monoisotopic (exact) mass is 271 g/mol. The normalized spacial score (nSPS) is 11.5. The third-order valence-corrected chi connectivity index (χ3v) is 3.23. The molecule has 0 saturated heterocycles. The lowest BCUT2D eigenvalue weighted by Crippen LogP contribution is -2.26. The molecule has 15 heavy (non-hydrogen) atoms. The van der Waals surface area contributed by atoms with E-state index >= 15 is 0 Å². The Labute approximate surface area is 99.9 Å². The van der Waals surface area contributed by atoms with Crippen LogP contribution in [0.25, 0.3) is 0 Å². The average Bonchev–Trinajstić information content (AvgIpc) is 2.17. The standard InChI is InChI=1S/C12H18BrNO/c1-4-12(2,3)15-10-6-5-9(8-14)11(13)7-10/h5-7H,4,8,14H2,1-3H3. The van der Waals surface area contributed by atoms with Gasteiger partial charge in [0.05, 0.1) is 0 Å². The minimum Gasteiger partial charge on any atom is -0.488 e. The molecule has 1 rings (SSSR count). The highest BCUT2D eigenvalue weighted by Gasteiger charge is 2.16. The molecule has 0 radical (unpaired) electrons. The molecule has 0 aromatic heterocycles. The second-order valence-electron chi connectivity index (χ2n) is 4.17. The third kappa shape index (κ3) is 3.50. The van der Waals surface area contributed by atoms with Gasteiger partial charge in [-0.25, -0.2) is 0 Å². The fourth-order valence-electron chi connectivity index (χ4n) is 1.15. The second kappa shape index (κ2) is 4.99. The zero-order valence-electron chi connectivity index (χ0n) is 9.51. The minimum absolute atomic E-state index is 0.121. The smallest absolute Gasteiger partial charge is 0.121 e. The van der Waals surface area contributed by atoms with Gasteiger partial charge in [0, 0.05) is 11.0 Å². The fourth-order valence-corrected chi connectivity index (χ4v) is 1.67. The Bertz CT molecular complexity index is 336. The summed E-state index contributed by atoms with van der Waals surface area (Å²) in [6.07, 6.45) is 0.975. The van der Waals surface area contributed by atoms with E-state index < -0.39 is 0 Å². The zero-order valence-corrected chi connectivity index (χ0v) is 11.1. The average molecular weight is 272 g/mol. The van der Waals surface area contributed by atoms with Crippen LogP contribution in [0.15, 0.2) is 22.7 Å². The summed E-state index contributed by atoms with van der Waals surface area (Å²) < 4.78 is 6.87. The van der Waals surface area contributed by atoms with Gasteiger partial charge in [-0.05, 0) is 38.0 Å². The molecule has 0 aliphatic heterocycles. The molecule has 0 atom stereocenters. The molecule has 0 heterocycles. The van der Waals surface area contributed by atoms with Crippen LogP contribution >= 0.6 is 15.9 Å². The van der Waals surface area contributed by atoms with Crippen molar-refractivity contribution < 1.29 is 4.74 Å². The topological polar surface area (TPSA) is 35.2 Å². The highest BCUT2D eigenvalue weighted by molar-refractivity contribution is 9.10. The third-order valence-electron chi connectivity index (χ3n) is 2.49. The van der Waals surface area contributed by atoms with Gasteiger partial charge < -0.3 is 10.5 Å². The lowest BCUT2D eigenvalue weighted by atomic mass is 10.1.